The lowest BCUT2D eigenvalue weighted by Crippen LogP contribution is -1.91. The lowest BCUT2D eigenvalue weighted by atomic mass is 10.8. The van der Waals surface area contributed by atoms with E-state index in [-0.39, 0.29) is 0 Å². The number of aromatic amines is 1. The van der Waals surface area contributed by atoms with E-state index in [0.717, 1.165) is 22.3 Å². The highest BCUT2D eigenvalue weighted by atomic mass is 27.1. The summed E-state index contributed by atoms with van der Waals surface area (Å²) in [6, 6.07) is 0. The molecule has 1 heterocycles. The SMILES string of the molecule is Cc1nc([NH][AlH2])n[nH]1. The standard InChI is InChI=1S/C3H5N4.Al.2H/c1-2-5-3(4)7-6-2;;;/h1H3,(H2-,4,5,6,7);;;/q-1;+1;;. The van der Waals surface area contributed by atoms with Crippen LogP contribution in [0.5, 0.6) is 0 Å². The first-order valence-electron chi connectivity index (χ1n) is 2.39. The molecule has 5 heteroatoms. The summed E-state index contributed by atoms with van der Waals surface area (Å²) in [5.74, 6) is 1.55. The van der Waals surface area contributed by atoms with Crippen molar-refractivity contribution in [3.05, 3.63) is 5.82 Å². The van der Waals surface area contributed by atoms with Crippen molar-refractivity contribution in [1.82, 2.24) is 15.2 Å². The monoisotopic (exact) mass is 126 g/mol. The van der Waals surface area contributed by atoms with Gasteiger partial charge >= 0.3 is 16.5 Å². The van der Waals surface area contributed by atoms with Crippen LogP contribution in [0.15, 0.2) is 0 Å². The number of rotatable bonds is 1. The van der Waals surface area contributed by atoms with Gasteiger partial charge in [0.05, 0.1) is 0 Å². The molecule has 42 valence electrons. The molecule has 0 saturated carbocycles. The van der Waals surface area contributed by atoms with Crippen LogP contribution in [-0.4, -0.2) is 31.7 Å². The zero-order chi connectivity index (χ0) is 5.98. The molecule has 4 nitrogen and oxygen atoms in total. The summed E-state index contributed by atoms with van der Waals surface area (Å²) >= 11 is 0.895. The molecule has 0 radical (unpaired) electrons. The third-order valence-electron chi connectivity index (χ3n) is 0.821. The minimum absolute atomic E-state index is 0.703. The Labute approximate surface area is 55.3 Å². The van der Waals surface area contributed by atoms with Crippen LogP contribution < -0.4 is 4.30 Å². The van der Waals surface area contributed by atoms with Crippen molar-refractivity contribution in [2.45, 2.75) is 6.92 Å². The fraction of sp³-hybridized carbons (Fsp3) is 0.333. The molecule has 0 aromatic carbocycles. The summed E-state index contributed by atoms with van der Waals surface area (Å²) in [4.78, 5) is 3.99. The molecule has 0 bridgehead atoms. The Balaban J connectivity index is 2.84. The summed E-state index contributed by atoms with van der Waals surface area (Å²) in [5.41, 5.74) is 0. The van der Waals surface area contributed by atoms with Crippen molar-refractivity contribution < 1.29 is 0 Å². The number of aryl methyl sites for hydroxylation is 1. The molecule has 0 atom stereocenters. The Morgan fingerprint density at radius 1 is 1.75 bits per heavy atom. The van der Waals surface area contributed by atoms with Crippen molar-refractivity contribution in [2.75, 3.05) is 4.30 Å². The maximum Gasteiger partial charge on any atom is 0.364 e. The van der Waals surface area contributed by atoms with E-state index in [4.69, 9.17) is 0 Å². The second-order valence-corrected chi connectivity index (χ2v) is 1.99. The van der Waals surface area contributed by atoms with E-state index in [2.05, 4.69) is 19.5 Å². The van der Waals surface area contributed by atoms with Gasteiger partial charge < -0.3 is 4.30 Å². The van der Waals surface area contributed by atoms with Crippen LogP contribution in [0, 0.1) is 6.92 Å². The van der Waals surface area contributed by atoms with Gasteiger partial charge in [0, 0.05) is 0 Å². The van der Waals surface area contributed by atoms with E-state index in [1.165, 1.54) is 0 Å². The smallest absolute Gasteiger partial charge is 0.364 e. The summed E-state index contributed by atoms with van der Waals surface area (Å²) in [7, 11) is 0. The number of nitrogens with zero attached hydrogens (tertiary/aromatic N) is 2. The van der Waals surface area contributed by atoms with Crippen molar-refractivity contribution in [1.29, 1.82) is 0 Å². The van der Waals surface area contributed by atoms with Crippen LogP contribution in [-0.2, 0) is 0 Å². The molecule has 0 aliphatic rings. The van der Waals surface area contributed by atoms with Crippen LogP contribution in [0.4, 0.5) is 5.95 Å². The second-order valence-electron chi connectivity index (χ2n) is 1.49. The molecule has 0 fully saturated rings. The number of anilines is 1. The Hall–Kier alpha value is -0.528. The first kappa shape index (κ1) is 5.61. The molecule has 2 N–H and O–H groups in total. The lowest BCUT2D eigenvalue weighted by Gasteiger charge is -1.83. The Morgan fingerprint density at radius 2 is 2.50 bits per heavy atom. The van der Waals surface area contributed by atoms with E-state index in [1.807, 2.05) is 6.92 Å². The van der Waals surface area contributed by atoms with Crippen LogP contribution >= 0.6 is 0 Å². The molecule has 0 aliphatic heterocycles. The number of nitrogens with one attached hydrogen (secondary N) is 2. The molecular formula is C3H7AlN4. The minimum atomic E-state index is 0.703. The molecule has 0 aliphatic carbocycles. The largest absolute Gasteiger partial charge is 0.449 e. The van der Waals surface area contributed by atoms with Crippen LogP contribution in [0.2, 0.25) is 0 Å². The first-order chi connectivity index (χ1) is 3.83. The van der Waals surface area contributed by atoms with Crippen molar-refractivity contribution >= 4 is 22.5 Å². The molecule has 0 saturated heterocycles. The minimum Gasteiger partial charge on any atom is -0.449 e. The van der Waals surface area contributed by atoms with Gasteiger partial charge in [-0.15, -0.1) is 5.10 Å². The van der Waals surface area contributed by atoms with Crippen LogP contribution in [0.1, 0.15) is 5.82 Å². The van der Waals surface area contributed by atoms with E-state index >= 15 is 0 Å². The quantitative estimate of drug-likeness (QED) is 0.478. The van der Waals surface area contributed by atoms with Gasteiger partial charge in [-0.25, -0.2) is 0 Å². The zero-order valence-electron chi connectivity index (χ0n) is 4.89. The van der Waals surface area contributed by atoms with Crippen LogP contribution in [0.3, 0.4) is 0 Å². The number of aromatic nitrogens is 3. The average Bonchev–Trinajstić information content (AvgIpc) is 2.14. The molecule has 0 spiro atoms. The molecule has 1 aromatic rings. The Bertz CT molecular complexity index is 172. The van der Waals surface area contributed by atoms with Gasteiger partial charge in [-0.2, -0.15) is 4.98 Å². The third kappa shape index (κ3) is 0.998. The van der Waals surface area contributed by atoms with Gasteiger partial charge in [-0.1, -0.05) is 0 Å². The predicted octanol–water partition coefficient (Wildman–Crippen LogP) is -0.927. The highest BCUT2D eigenvalue weighted by Gasteiger charge is 1.90. The maximum absolute atomic E-state index is 3.99. The number of H-pyrrole nitrogens is 1. The Morgan fingerprint density at radius 3 is 2.75 bits per heavy atom. The fourth-order valence-corrected chi connectivity index (χ4v) is 0.678. The predicted molar refractivity (Wildman–Crippen MR) is 33.3 cm³/mol. The van der Waals surface area contributed by atoms with Crippen molar-refractivity contribution in [2.24, 2.45) is 0 Å². The topological polar surface area (TPSA) is 53.6 Å². The second kappa shape index (κ2) is 2.16. The number of hydrogen-bond acceptors (Lipinski definition) is 3. The highest BCUT2D eigenvalue weighted by molar-refractivity contribution is 6.15. The van der Waals surface area contributed by atoms with Gasteiger partial charge in [0.2, 0.25) is 5.95 Å². The molecule has 0 amide bonds. The summed E-state index contributed by atoms with van der Waals surface area (Å²) in [6.45, 7) is 1.87. The van der Waals surface area contributed by atoms with Crippen LogP contribution in [0.25, 0.3) is 0 Å². The zero-order valence-corrected chi connectivity index (χ0v) is 6.89. The maximum atomic E-state index is 3.99. The summed E-state index contributed by atoms with van der Waals surface area (Å²) in [6.07, 6.45) is 0. The molecule has 8 heavy (non-hydrogen) atoms. The molecule has 1 rings (SSSR count). The lowest BCUT2D eigenvalue weighted by molar-refractivity contribution is 1.04. The highest BCUT2D eigenvalue weighted by Crippen LogP contribution is 1.92. The van der Waals surface area contributed by atoms with Crippen molar-refractivity contribution in [3.63, 3.8) is 0 Å². The first-order valence-corrected chi connectivity index (χ1v) is 3.39. The fourth-order valence-electron chi connectivity index (χ4n) is 0.455. The van der Waals surface area contributed by atoms with Gasteiger partial charge in [-0.3, -0.25) is 5.10 Å². The molecule has 1 aromatic heterocycles. The molecule has 0 unspecified atom stereocenters. The normalized spacial score (nSPS) is 9.12. The van der Waals surface area contributed by atoms with E-state index < -0.39 is 0 Å². The van der Waals surface area contributed by atoms with E-state index in [1.54, 1.807) is 0 Å². The number of hydrogen-bond donors (Lipinski definition) is 2. The van der Waals surface area contributed by atoms with E-state index in [9.17, 15) is 0 Å². The van der Waals surface area contributed by atoms with Crippen molar-refractivity contribution in [3.8, 4) is 0 Å². The Kier molecular flexibility index (Phi) is 1.51. The third-order valence-corrected chi connectivity index (χ3v) is 1.27. The van der Waals surface area contributed by atoms with E-state index in [0.29, 0.717) is 5.95 Å². The van der Waals surface area contributed by atoms with Gasteiger partial charge in [0.1, 0.15) is 5.82 Å². The van der Waals surface area contributed by atoms with Gasteiger partial charge in [0.15, 0.2) is 0 Å². The molecular weight excluding hydrogens is 119 g/mol. The summed E-state index contributed by atoms with van der Waals surface area (Å²) < 4.78 is 2.93. The summed E-state index contributed by atoms with van der Waals surface area (Å²) in [5, 5.41) is 6.54. The van der Waals surface area contributed by atoms with Gasteiger partial charge in [-0.05, 0) is 6.92 Å². The average molecular weight is 126 g/mol. The van der Waals surface area contributed by atoms with Gasteiger partial charge in [0.25, 0.3) is 0 Å².